The Kier molecular flexibility index (Phi) is 5.15. The summed E-state index contributed by atoms with van der Waals surface area (Å²) in [5.74, 6) is 0.617. The average molecular weight is 285 g/mol. The van der Waals surface area contributed by atoms with Crippen molar-refractivity contribution in [2.45, 2.75) is 13.3 Å². The molecule has 0 unspecified atom stereocenters. The Hall–Kier alpha value is -2.56. The van der Waals surface area contributed by atoms with E-state index in [1.165, 1.54) is 0 Å². The summed E-state index contributed by atoms with van der Waals surface area (Å²) in [5.41, 5.74) is 2.10. The maximum absolute atomic E-state index is 11.9. The van der Waals surface area contributed by atoms with Crippen molar-refractivity contribution >= 4 is 17.3 Å². The van der Waals surface area contributed by atoms with Crippen LogP contribution in [0.15, 0.2) is 42.7 Å². The van der Waals surface area contributed by atoms with E-state index in [1.807, 2.05) is 31.2 Å². The number of aromatic nitrogens is 1. The van der Waals surface area contributed by atoms with Crippen molar-refractivity contribution in [3.05, 3.63) is 48.3 Å². The monoisotopic (exact) mass is 285 g/mol. The third kappa shape index (κ3) is 3.95. The number of nitrogens with zero attached hydrogens (tertiary/aromatic N) is 1. The SMILES string of the molecule is CCCNC(=O)c1cncc(Nc2ccccc2OC)c1. The minimum atomic E-state index is -0.118. The summed E-state index contributed by atoms with van der Waals surface area (Å²) in [5, 5.41) is 6.04. The number of carbonyl (C=O) groups is 1. The van der Waals surface area contributed by atoms with Gasteiger partial charge in [0.1, 0.15) is 5.75 Å². The Bertz CT molecular complexity index is 614. The van der Waals surface area contributed by atoms with Gasteiger partial charge in [0.2, 0.25) is 0 Å². The van der Waals surface area contributed by atoms with E-state index in [0.717, 1.165) is 23.5 Å². The third-order valence-corrected chi connectivity index (χ3v) is 2.92. The highest BCUT2D eigenvalue weighted by molar-refractivity contribution is 5.94. The van der Waals surface area contributed by atoms with Gasteiger partial charge in [0, 0.05) is 12.7 Å². The molecule has 1 amide bonds. The Morgan fingerprint density at radius 1 is 1.29 bits per heavy atom. The second kappa shape index (κ2) is 7.28. The van der Waals surface area contributed by atoms with Crippen LogP contribution in [0, 0.1) is 0 Å². The van der Waals surface area contributed by atoms with Crippen LogP contribution in [0.1, 0.15) is 23.7 Å². The highest BCUT2D eigenvalue weighted by Gasteiger charge is 2.07. The lowest BCUT2D eigenvalue weighted by Crippen LogP contribution is -2.24. The van der Waals surface area contributed by atoms with Crippen LogP contribution in [0.5, 0.6) is 5.75 Å². The first kappa shape index (κ1) is 14.8. The molecule has 5 heteroatoms. The topological polar surface area (TPSA) is 63.2 Å². The predicted molar refractivity (Wildman–Crippen MR) is 83.1 cm³/mol. The van der Waals surface area contributed by atoms with Crippen LogP contribution in [0.3, 0.4) is 0 Å². The summed E-state index contributed by atoms with van der Waals surface area (Å²) in [4.78, 5) is 16.0. The number of rotatable bonds is 6. The van der Waals surface area contributed by atoms with Crippen molar-refractivity contribution in [1.82, 2.24) is 10.3 Å². The molecule has 0 aliphatic rings. The Balaban J connectivity index is 2.16. The van der Waals surface area contributed by atoms with Crippen molar-refractivity contribution in [1.29, 1.82) is 0 Å². The van der Waals surface area contributed by atoms with Crippen LogP contribution in [0.2, 0.25) is 0 Å². The van der Waals surface area contributed by atoms with Gasteiger partial charge >= 0.3 is 0 Å². The highest BCUT2D eigenvalue weighted by atomic mass is 16.5. The molecular formula is C16H19N3O2. The molecule has 5 nitrogen and oxygen atoms in total. The Labute approximate surface area is 124 Å². The number of para-hydroxylation sites is 2. The predicted octanol–water partition coefficient (Wildman–Crippen LogP) is 2.97. The van der Waals surface area contributed by atoms with Crippen LogP contribution in [0.4, 0.5) is 11.4 Å². The van der Waals surface area contributed by atoms with Gasteiger partial charge in [-0.05, 0) is 24.6 Å². The van der Waals surface area contributed by atoms with E-state index >= 15 is 0 Å². The van der Waals surface area contributed by atoms with Crippen molar-refractivity contribution in [2.75, 3.05) is 19.0 Å². The molecule has 0 atom stereocenters. The average Bonchev–Trinajstić information content (AvgIpc) is 2.53. The maximum Gasteiger partial charge on any atom is 0.252 e. The second-order valence-electron chi connectivity index (χ2n) is 4.54. The van der Waals surface area contributed by atoms with Gasteiger partial charge in [-0.2, -0.15) is 0 Å². The molecule has 2 aromatic rings. The van der Waals surface area contributed by atoms with Gasteiger partial charge in [0.05, 0.1) is 30.2 Å². The van der Waals surface area contributed by atoms with E-state index in [9.17, 15) is 4.79 Å². The summed E-state index contributed by atoms with van der Waals surface area (Å²) in [6, 6.07) is 9.35. The minimum absolute atomic E-state index is 0.118. The normalized spacial score (nSPS) is 10.0. The first-order chi connectivity index (χ1) is 10.2. The molecule has 110 valence electrons. The number of hydrogen-bond donors (Lipinski definition) is 2. The van der Waals surface area contributed by atoms with E-state index in [4.69, 9.17) is 4.74 Å². The summed E-state index contributed by atoms with van der Waals surface area (Å²) < 4.78 is 5.29. The zero-order chi connectivity index (χ0) is 15.1. The number of pyridine rings is 1. The zero-order valence-electron chi connectivity index (χ0n) is 12.2. The van der Waals surface area contributed by atoms with Crippen molar-refractivity contribution in [2.24, 2.45) is 0 Å². The summed E-state index contributed by atoms with van der Waals surface area (Å²) in [6.45, 7) is 2.67. The van der Waals surface area contributed by atoms with Crippen molar-refractivity contribution in [3.63, 3.8) is 0 Å². The van der Waals surface area contributed by atoms with Crippen LogP contribution < -0.4 is 15.4 Å². The molecule has 1 aromatic heterocycles. The molecule has 0 aliphatic heterocycles. The second-order valence-corrected chi connectivity index (χ2v) is 4.54. The molecule has 2 N–H and O–H groups in total. The van der Waals surface area contributed by atoms with Gasteiger partial charge in [0.25, 0.3) is 5.91 Å². The van der Waals surface area contributed by atoms with Crippen LogP contribution in [-0.2, 0) is 0 Å². The van der Waals surface area contributed by atoms with Crippen LogP contribution in [-0.4, -0.2) is 24.5 Å². The highest BCUT2D eigenvalue weighted by Crippen LogP contribution is 2.26. The lowest BCUT2D eigenvalue weighted by atomic mass is 10.2. The van der Waals surface area contributed by atoms with E-state index in [2.05, 4.69) is 15.6 Å². The first-order valence-electron chi connectivity index (χ1n) is 6.88. The van der Waals surface area contributed by atoms with Crippen molar-refractivity contribution < 1.29 is 9.53 Å². The van der Waals surface area contributed by atoms with E-state index < -0.39 is 0 Å². The molecular weight excluding hydrogens is 266 g/mol. The number of nitrogens with one attached hydrogen (secondary N) is 2. The fourth-order valence-corrected chi connectivity index (χ4v) is 1.88. The number of anilines is 2. The number of carbonyl (C=O) groups excluding carboxylic acids is 1. The smallest absolute Gasteiger partial charge is 0.252 e. The molecule has 0 saturated heterocycles. The Morgan fingerprint density at radius 3 is 2.86 bits per heavy atom. The van der Waals surface area contributed by atoms with Gasteiger partial charge in [0.15, 0.2) is 0 Å². The lowest BCUT2D eigenvalue weighted by molar-refractivity contribution is 0.0953. The summed E-state index contributed by atoms with van der Waals surface area (Å²) >= 11 is 0. The molecule has 21 heavy (non-hydrogen) atoms. The molecule has 0 saturated carbocycles. The first-order valence-corrected chi connectivity index (χ1v) is 6.88. The molecule has 2 rings (SSSR count). The number of ether oxygens (including phenoxy) is 1. The van der Waals surface area contributed by atoms with Crippen LogP contribution in [0.25, 0.3) is 0 Å². The molecule has 0 spiro atoms. The number of benzene rings is 1. The quantitative estimate of drug-likeness (QED) is 0.856. The summed E-state index contributed by atoms with van der Waals surface area (Å²) in [6.07, 6.45) is 4.12. The van der Waals surface area contributed by atoms with Crippen LogP contribution >= 0.6 is 0 Å². The van der Waals surface area contributed by atoms with Gasteiger partial charge < -0.3 is 15.4 Å². The largest absolute Gasteiger partial charge is 0.495 e. The standard InChI is InChI=1S/C16H19N3O2/c1-3-8-18-16(20)12-9-13(11-17-10-12)19-14-6-4-5-7-15(14)21-2/h4-7,9-11,19H,3,8H2,1-2H3,(H,18,20). The minimum Gasteiger partial charge on any atom is -0.495 e. The third-order valence-electron chi connectivity index (χ3n) is 2.92. The van der Waals surface area contributed by atoms with Gasteiger partial charge in [-0.25, -0.2) is 0 Å². The molecule has 0 aliphatic carbocycles. The van der Waals surface area contributed by atoms with E-state index in [1.54, 1.807) is 25.6 Å². The Morgan fingerprint density at radius 2 is 2.10 bits per heavy atom. The molecule has 0 radical (unpaired) electrons. The van der Waals surface area contributed by atoms with Gasteiger partial charge in [-0.3, -0.25) is 9.78 Å². The molecule has 1 aromatic carbocycles. The molecule has 0 fully saturated rings. The fraction of sp³-hybridized carbons (Fsp3) is 0.250. The van der Waals surface area contributed by atoms with E-state index in [0.29, 0.717) is 12.1 Å². The number of methoxy groups -OCH3 is 1. The van der Waals surface area contributed by atoms with Gasteiger partial charge in [-0.15, -0.1) is 0 Å². The molecule has 0 bridgehead atoms. The van der Waals surface area contributed by atoms with Gasteiger partial charge in [-0.1, -0.05) is 19.1 Å². The maximum atomic E-state index is 11.9. The van der Waals surface area contributed by atoms with Crippen molar-refractivity contribution in [3.8, 4) is 5.75 Å². The summed E-state index contributed by atoms with van der Waals surface area (Å²) in [7, 11) is 1.62. The fourth-order valence-electron chi connectivity index (χ4n) is 1.88. The van der Waals surface area contributed by atoms with E-state index in [-0.39, 0.29) is 5.91 Å². The zero-order valence-corrected chi connectivity index (χ0v) is 12.2. The number of amides is 1. The molecule has 1 heterocycles. The lowest BCUT2D eigenvalue weighted by Gasteiger charge is -2.11. The number of hydrogen-bond acceptors (Lipinski definition) is 4.